The van der Waals surface area contributed by atoms with E-state index in [9.17, 15) is 24.0 Å². The van der Waals surface area contributed by atoms with E-state index in [4.69, 9.17) is 60.6 Å². The lowest BCUT2D eigenvalue weighted by Gasteiger charge is -2.40. The summed E-state index contributed by atoms with van der Waals surface area (Å²) in [5.41, 5.74) is 0.218. The number of hydrogen-bond donors (Lipinski definition) is 0. The van der Waals surface area contributed by atoms with Gasteiger partial charge in [-0.15, -0.1) is 0 Å². The van der Waals surface area contributed by atoms with Crippen LogP contribution < -0.4 is 0 Å². The van der Waals surface area contributed by atoms with Gasteiger partial charge in [-0.1, -0.05) is 46.4 Å². The number of esters is 1. The highest BCUT2D eigenvalue weighted by Gasteiger charge is 2.39. The second-order valence-electron chi connectivity index (χ2n) is 20.4. The number of piperidine rings is 2. The number of nitriles is 1. The van der Waals surface area contributed by atoms with Crippen LogP contribution in [0.3, 0.4) is 0 Å². The van der Waals surface area contributed by atoms with E-state index < -0.39 is 52.6 Å². The smallest absolute Gasteiger partial charge is 0.410 e. The molecule has 2 aliphatic heterocycles. The predicted octanol–water partition coefficient (Wildman–Crippen LogP) is 14.1. The van der Waals surface area contributed by atoms with Gasteiger partial charge < -0.3 is 33.1 Å². The van der Waals surface area contributed by atoms with Gasteiger partial charge >= 0.3 is 18.2 Å². The fourth-order valence-corrected chi connectivity index (χ4v) is 10.4. The van der Waals surface area contributed by atoms with Crippen molar-refractivity contribution < 1.29 is 37.4 Å². The molecule has 0 saturated carbocycles. The summed E-state index contributed by atoms with van der Waals surface area (Å²) in [7, 11) is 0. The van der Waals surface area contributed by atoms with Crippen LogP contribution in [-0.4, -0.2) is 99.0 Å². The number of amides is 2. The van der Waals surface area contributed by atoms with Crippen LogP contribution in [0.25, 0.3) is 43.9 Å². The van der Waals surface area contributed by atoms with Crippen molar-refractivity contribution in [3.8, 4) is 6.07 Å². The van der Waals surface area contributed by atoms with E-state index in [0.717, 1.165) is 0 Å². The number of carbonyl (C=O) groups excluding carboxylic acids is 3. The summed E-state index contributed by atoms with van der Waals surface area (Å²) in [6.45, 7) is 16.9. The summed E-state index contributed by atoms with van der Waals surface area (Å²) in [6.07, 6.45) is 4.57. The molecule has 4 aromatic heterocycles. The second kappa shape index (κ2) is 20.9. The van der Waals surface area contributed by atoms with Crippen LogP contribution >= 0.6 is 78.3 Å². The van der Waals surface area contributed by atoms with E-state index in [2.05, 4.69) is 57.9 Å². The number of benzene rings is 2. The molecule has 4 atom stereocenters. The number of likely N-dealkylation sites (tertiary alicyclic amines) is 2. The van der Waals surface area contributed by atoms with Crippen molar-refractivity contribution in [1.82, 2.24) is 38.9 Å². The zero-order chi connectivity index (χ0) is 52.2. The monoisotopic (exact) mass is 1190 g/mol. The van der Waals surface area contributed by atoms with E-state index >= 15 is 4.39 Å². The van der Waals surface area contributed by atoms with E-state index in [1.54, 1.807) is 96.9 Å². The minimum atomic E-state index is -0.689. The number of hydrogen-bond acceptors (Lipinski definition) is 11. The number of fused-ring (bicyclic) bond motifs is 6. The largest absolute Gasteiger partial charge is 0.460 e. The van der Waals surface area contributed by atoms with Crippen LogP contribution in [0.1, 0.15) is 113 Å². The standard InChI is InChI=1S/C26H30BrCl2FN4O4.C22H21BrCl2FN5O2/c1-25(2,3)37-17(35)10-14-9-13(7-8-33(14)24(36)38-26(4,5)6)34-12-31-21-22(34)15-11-16(28)18(27)19(30)20(15)32-23(21)29;1-22(2,3)33-21(32)30-7-5-12(8-11(30)4-6-27)31-10-28-18-19(31)13-9-14(24)15(23)16(26)17(13)29-20(18)25/h11-14H,7-10H2,1-6H3;9-12H,4-5,7-8H2,1-3H3/t13-,14-;11-,12+/m01/s1. The Balaban J connectivity index is 0.000000211. The van der Waals surface area contributed by atoms with Crippen molar-refractivity contribution in [1.29, 1.82) is 5.26 Å². The normalized spacial score (nSPS) is 18.9. The topological polar surface area (TPSA) is 171 Å². The first-order valence-corrected chi connectivity index (χ1v) is 25.7. The van der Waals surface area contributed by atoms with Crippen molar-refractivity contribution >= 4 is 140 Å². The second-order valence-corrected chi connectivity index (χ2v) is 23.5. The molecule has 0 unspecified atom stereocenters. The lowest BCUT2D eigenvalue weighted by molar-refractivity contribution is -0.156. The average molecular weight is 1190 g/mol. The molecule has 8 rings (SSSR count). The summed E-state index contributed by atoms with van der Waals surface area (Å²) in [5.74, 6) is -1.63. The van der Waals surface area contributed by atoms with Gasteiger partial charge in [0.25, 0.3) is 0 Å². The first-order valence-electron chi connectivity index (χ1n) is 22.6. The molecule has 2 amide bonds. The number of carbonyl (C=O) groups is 3. The van der Waals surface area contributed by atoms with Crippen molar-refractivity contribution in [2.24, 2.45) is 0 Å². The minimum absolute atomic E-state index is 0.00386. The molecule has 2 saturated heterocycles. The number of nitrogens with zero attached hydrogens (tertiary/aromatic N) is 9. The fraction of sp³-hybridized carbons (Fsp3) is 0.500. The van der Waals surface area contributed by atoms with E-state index in [1.807, 2.05) is 9.13 Å². The summed E-state index contributed by atoms with van der Waals surface area (Å²) in [4.78, 5) is 59.1. The molecule has 15 nitrogen and oxygen atoms in total. The molecule has 23 heteroatoms. The van der Waals surface area contributed by atoms with Crippen molar-refractivity contribution in [2.75, 3.05) is 13.1 Å². The van der Waals surface area contributed by atoms with Gasteiger partial charge in [0.2, 0.25) is 0 Å². The molecule has 0 aliphatic carbocycles. The molecular weight excluding hydrogens is 1140 g/mol. The van der Waals surface area contributed by atoms with E-state index in [0.29, 0.717) is 71.6 Å². The maximum atomic E-state index is 15.1. The summed E-state index contributed by atoms with van der Waals surface area (Å²) in [6, 6.07) is 4.33. The number of rotatable bonds is 5. The maximum Gasteiger partial charge on any atom is 0.410 e. The number of imidazole rings is 2. The molecule has 0 bridgehead atoms. The summed E-state index contributed by atoms with van der Waals surface area (Å²) >= 11 is 31.6. The van der Waals surface area contributed by atoms with E-state index in [1.165, 1.54) is 0 Å². The molecule has 0 spiro atoms. The van der Waals surface area contributed by atoms with Gasteiger partial charge in [-0.3, -0.25) is 4.79 Å². The first-order chi connectivity index (χ1) is 33.1. The Bertz CT molecular complexity index is 3130. The zero-order valence-corrected chi connectivity index (χ0v) is 46.5. The average Bonchev–Trinajstić information content (AvgIpc) is 3.92. The van der Waals surface area contributed by atoms with Gasteiger partial charge in [0.15, 0.2) is 21.9 Å². The third-order valence-electron chi connectivity index (χ3n) is 11.7. The van der Waals surface area contributed by atoms with Gasteiger partial charge in [0.1, 0.15) is 38.9 Å². The summed E-state index contributed by atoms with van der Waals surface area (Å²) in [5, 5.41) is 10.9. The number of aromatic nitrogens is 6. The Morgan fingerprint density at radius 1 is 0.676 bits per heavy atom. The number of ether oxygens (including phenoxy) is 3. The van der Waals surface area contributed by atoms with Gasteiger partial charge in [-0.25, -0.2) is 38.3 Å². The molecule has 2 fully saturated rings. The Morgan fingerprint density at radius 2 is 1.07 bits per heavy atom. The molecule has 2 aromatic carbocycles. The highest BCUT2D eigenvalue weighted by atomic mass is 79.9. The predicted molar refractivity (Wildman–Crippen MR) is 276 cm³/mol. The molecule has 0 N–H and O–H groups in total. The van der Waals surface area contributed by atoms with Crippen LogP contribution in [0.2, 0.25) is 20.4 Å². The van der Waals surface area contributed by atoms with E-state index in [-0.39, 0.29) is 71.3 Å². The SMILES string of the molecule is CC(C)(C)OC(=O)C[C@@H]1C[C@@H](n2cnc3c(Cl)nc4c(F)c(Br)c(Cl)cc4c32)CCN1C(=O)OC(C)(C)C.CC(C)(C)OC(=O)N1CC[C@H](n2cnc3c(Cl)nc4c(F)c(Br)c(Cl)cc4c32)C[C@H]1CC#N. The highest BCUT2D eigenvalue weighted by Crippen LogP contribution is 2.42. The molecule has 71 heavy (non-hydrogen) atoms. The lowest BCUT2D eigenvalue weighted by Crippen LogP contribution is -2.49. The third-order valence-corrected chi connectivity index (χ3v) is 14.9. The molecule has 6 heterocycles. The van der Waals surface area contributed by atoms with Crippen molar-refractivity contribution in [3.05, 3.63) is 65.7 Å². The van der Waals surface area contributed by atoms with Crippen molar-refractivity contribution in [2.45, 2.75) is 142 Å². The Hall–Kier alpha value is -4.32. The van der Waals surface area contributed by atoms with Crippen molar-refractivity contribution in [3.63, 3.8) is 0 Å². The quantitative estimate of drug-likeness (QED) is 0.0696. The van der Waals surface area contributed by atoms with Crippen LogP contribution in [0.15, 0.2) is 33.7 Å². The molecule has 2 aliphatic rings. The Morgan fingerprint density at radius 3 is 1.46 bits per heavy atom. The number of pyridine rings is 2. The van der Waals surface area contributed by atoms with Gasteiger partial charge in [-0.2, -0.15) is 5.26 Å². The Kier molecular flexibility index (Phi) is 16.0. The molecule has 6 aromatic rings. The third kappa shape index (κ3) is 11.9. The van der Waals surface area contributed by atoms with Crippen LogP contribution in [0.4, 0.5) is 18.4 Å². The highest BCUT2D eigenvalue weighted by molar-refractivity contribution is 9.11. The fourth-order valence-electron chi connectivity index (χ4n) is 8.92. The van der Waals surface area contributed by atoms with Crippen LogP contribution in [0, 0.1) is 23.0 Å². The molecular formula is C48H51Br2Cl4F2N9O6. The Labute approximate surface area is 445 Å². The molecule has 0 radical (unpaired) electrons. The maximum absolute atomic E-state index is 15.1. The zero-order valence-electron chi connectivity index (χ0n) is 40.3. The van der Waals surface area contributed by atoms with Gasteiger partial charge in [0, 0.05) is 48.0 Å². The van der Waals surface area contributed by atoms with Gasteiger partial charge in [0.05, 0.1) is 61.6 Å². The minimum Gasteiger partial charge on any atom is -0.460 e. The van der Waals surface area contributed by atoms with Crippen LogP contribution in [0.5, 0.6) is 0 Å². The first kappa shape index (κ1) is 54.5. The molecule has 380 valence electrons. The number of halogens is 8. The lowest BCUT2D eigenvalue weighted by atomic mass is 9.94. The van der Waals surface area contributed by atoms with Gasteiger partial charge in [-0.05, 0) is 132 Å². The summed E-state index contributed by atoms with van der Waals surface area (Å²) < 4.78 is 50.7. The van der Waals surface area contributed by atoms with Crippen LogP contribution in [-0.2, 0) is 19.0 Å².